The van der Waals surface area contributed by atoms with Crippen LogP contribution in [-0.2, 0) is 0 Å². The lowest BCUT2D eigenvalue weighted by molar-refractivity contribution is 0.0701. The van der Waals surface area contributed by atoms with Gasteiger partial charge in [0, 0.05) is 62.0 Å². The van der Waals surface area contributed by atoms with Crippen molar-refractivity contribution in [2.45, 2.75) is 0 Å². The molecule has 146 valence electrons. The highest BCUT2D eigenvalue weighted by atomic mass is 16.2. The van der Waals surface area contributed by atoms with Crippen molar-refractivity contribution in [3.05, 3.63) is 66.0 Å². The van der Waals surface area contributed by atoms with Gasteiger partial charge in [-0.2, -0.15) is 0 Å². The van der Waals surface area contributed by atoms with E-state index in [1.54, 1.807) is 18.5 Å². The fraction of sp³-hybridized carbons (Fsp3) is 0.409. The Bertz CT molecular complexity index is 790. The fourth-order valence-electron chi connectivity index (χ4n) is 4.78. The molecule has 6 nitrogen and oxygen atoms in total. The molecule has 1 aromatic carbocycles. The van der Waals surface area contributed by atoms with Gasteiger partial charge in [-0.25, -0.2) is 0 Å². The van der Waals surface area contributed by atoms with Gasteiger partial charge >= 0.3 is 0 Å². The number of aromatic nitrogens is 1. The molecule has 0 bridgehead atoms. The Morgan fingerprint density at radius 3 is 2.18 bits per heavy atom. The van der Waals surface area contributed by atoms with Gasteiger partial charge in [-0.05, 0) is 38.4 Å². The van der Waals surface area contributed by atoms with E-state index in [0.29, 0.717) is 31.7 Å². The molecular weight excluding hydrogens is 352 g/mol. The van der Waals surface area contributed by atoms with E-state index in [-0.39, 0.29) is 23.1 Å². The number of hydrogen-bond acceptors (Lipinski definition) is 4. The van der Waals surface area contributed by atoms with Gasteiger partial charge in [0.1, 0.15) is 0 Å². The molecule has 28 heavy (non-hydrogen) atoms. The third-order valence-corrected chi connectivity index (χ3v) is 5.89. The molecular formula is C22H26N4O2. The Hall–Kier alpha value is -2.73. The molecule has 0 unspecified atom stereocenters. The molecule has 2 atom stereocenters. The van der Waals surface area contributed by atoms with Gasteiger partial charge in [0.15, 0.2) is 0 Å². The lowest BCUT2D eigenvalue weighted by Gasteiger charge is -2.32. The molecule has 0 spiro atoms. The van der Waals surface area contributed by atoms with E-state index in [2.05, 4.69) is 24.0 Å². The van der Waals surface area contributed by atoms with Crippen LogP contribution in [0, 0.1) is 11.3 Å². The van der Waals surface area contributed by atoms with Crippen molar-refractivity contribution in [2.75, 3.05) is 46.8 Å². The summed E-state index contributed by atoms with van der Waals surface area (Å²) in [6.07, 6.45) is 3.30. The van der Waals surface area contributed by atoms with E-state index < -0.39 is 0 Å². The molecule has 2 saturated heterocycles. The smallest absolute Gasteiger partial charge is 0.255 e. The van der Waals surface area contributed by atoms with Crippen molar-refractivity contribution in [2.24, 2.45) is 11.3 Å². The fourth-order valence-corrected chi connectivity index (χ4v) is 4.78. The first-order chi connectivity index (χ1) is 13.5. The van der Waals surface area contributed by atoms with Crippen LogP contribution in [0.2, 0.25) is 0 Å². The Kier molecular flexibility index (Phi) is 4.89. The average Bonchev–Trinajstić information content (AvgIpc) is 3.21. The predicted molar refractivity (Wildman–Crippen MR) is 107 cm³/mol. The van der Waals surface area contributed by atoms with E-state index in [4.69, 9.17) is 0 Å². The molecule has 6 heteroatoms. The minimum atomic E-state index is -0.0915. The minimum Gasteiger partial charge on any atom is -0.338 e. The SMILES string of the molecule is CN(C)C[C@@]12CN(C(=O)c3ccccc3)C[C@@H]1CN(C(=O)c1cccnc1)C2. The van der Waals surface area contributed by atoms with Crippen LogP contribution in [0.4, 0.5) is 0 Å². The highest BCUT2D eigenvalue weighted by Crippen LogP contribution is 2.43. The maximum atomic E-state index is 13.0. The van der Waals surface area contributed by atoms with E-state index in [1.165, 1.54) is 0 Å². The van der Waals surface area contributed by atoms with Crippen LogP contribution >= 0.6 is 0 Å². The minimum absolute atomic E-state index is 0.0292. The Balaban J connectivity index is 1.54. The predicted octanol–water partition coefficient (Wildman–Crippen LogP) is 1.86. The maximum Gasteiger partial charge on any atom is 0.255 e. The molecule has 0 saturated carbocycles. The largest absolute Gasteiger partial charge is 0.338 e. The molecule has 2 amide bonds. The van der Waals surface area contributed by atoms with E-state index in [1.807, 2.05) is 46.2 Å². The number of fused-ring (bicyclic) bond motifs is 1. The summed E-state index contributed by atoms with van der Waals surface area (Å²) in [6.45, 7) is 3.58. The standard InChI is InChI=1S/C22H26N4O2/c1-24(2)14-22-15-25(20(27)17-7-4-3-5-8-17)12-19(22)13-26(16-22)21(28)18-9-6-10-23-11-18/h3-11,19H,12-16H2,1-2H3/t19-,22+/m1/s1. The van der Waals surface area contributed by atoms with Crippen molar-refractivity contribution < 1.29 is 9.59 Å². The van der Waals surface area contributed by atoms with Crippen LogP contribution in [0.15, 0.2) is 54.9 Å². The first-order valence-corrected chi connectivity index (χ1v) is 9.67. The lowest BCUT2D eigenvalue weighted by atomic mass is 9.80. The second-order valence-electron chi connectivity index (χ2n) is 8.28. The van der Waals surface area contributed by atoms with Gasteiger partial charge < -0.3 is 14.7 Å². The highest BCUT2D eigenvalue weighted by Gasteiger charge is 2.54. The number of rotatable bonds is 4. The molecule has 4 rings (SSSR count). The topological polar surface area (TPSA) is 56.8 Å². The molecule has 2 aliphatic heterocycles. The second-order valence-corrected chi connectivity index (χ2v) is 8.28. The molecule has 3 heterocycles. The zero-order valence-corrected chi connectivity index (χ0v) is 16.4. The molecule has 2 aromatic rings. The number of hydrogen-bond donors (Lipinski definition) is 0. The highest BCUT2D eigenvalue weighted by molar-refractivity contribution is 5.95. The third-order valence-electron chi connectivity index (χ3n) is 5.89. The van der Waals surface area contributed by atoms with Gasteiger partial charge in [-0.15, -0.1) is 0 Å². The van der Waals surface area contributed by atoms with Crippen molar-refractivity contribution in [3.8, 4) is 0 Å². The van der Waals surface area contributed by atoms with Gasteiger partial charge in [0.25, 0.3) is 11.8 Å². The number of pyridine rings is 1. The van der Waals surface area contributed by atoms with Crippen LogP contribution in [0.25, 0.3) is 0 Å². The van der Waals surface area contributed by atoms with Gasteiger partial charge in [0.05, 0.1) is 5.56 Å². The van der Waals surface area contributed by atoms with Crippen LogP contribution in [0.1, 0.15) is 20.7 Å². The summed E-state index contributed by atoms with van der Waals surface area (Å²) < 4.78 is 0. The van der Waals surface area contributed by atoms with Gasteiger partial charge in [-0.3, -0.25) is 14.6 Å². The molecule has 2 aliphatic rings. The third kappa shape index (κ3) is 3.40. The number of amides is 2. The zero-order valence-electron chi connectivity index (χ0n) is 16.4. The van der Waals surface area contributed by atoms with Crippen LogP contribution in [-0.4, -0.2) is 78.3 Å². The summed E-state index contributed by atoms with van der Waals surface area (Å²) in [5, 5.41) is 0. The molecule has 0 N–H and O–H groups in total. The number of benzene rings is 1. The summed E-state index contributed by atoms with van der Waals surface area (Å²) in [4.78, 5) is 36.1. The van der Waals surface area contributed by atoms with Crippen molar-refractivity contribution in [1.82, 2.24) is 19.7 Å². The monoisotopic (exact) mass is 378 g/mol. The number of carbonyl (C=O) groups excluding carboxylic acids is 2. The van der Waals surface area contributed by atoms with Crippen LogP contribution in [0.5, 0.6) is 0 Å². The summed E-state index contributed by atoms with van der Waals surface area (Å²) >= 11 is 0. The number of carbonyl (C=O) groups is 2. The van der Waals surface area contributed by atoms with Crippen LogP contribution < -0.4 is 0 Å². The summed E-state index contributed by atoms with van der Waals surface area (Å²) in [7, 11) is 4.11. The first kappa shape index (κ1) is 18.6. The first-order valence-electron chi connectivity index (χ1n) is 9.67. The van der Waals surface area contributed by atoms with Crippen molar-refractivity contribution >= 4 is 11.8 Å². The van der Waals surface area contributed by atoms with Crippen molar-refractivity contribution in [3.63, 3.8) is 0 Å². The van der Waals surface area contributed by atoms with Gasteiger partial charge in [-0.1, -0.05) is 18.2 Å². The Morgan fingerprint density at radius 1 is 1.00 bits per heavy atom. The summed E-state index contributed by atoms with van der Waals surface area (Å²) in [5.74, 6) is 0.392. The molecule has 0 aliphatic carbocycles. The average molecular weight is 378 g/mol. The maximum absolute atomic E-state index is 13.0. The van der Waals surface area contributed by atoms with E-state index in [9.17, 15) is 9.59 Å². The molecule has 1 aromatic heterocycles. The molecule has 2 fully saturated rings. The molecule has 0 radical (unpaired) electrons. The zero-order chi connectivity index (χ0) is 19.7. The van der Waals surface area contributed by atoms with E-state index in [0.717, 1.165) is 12.1 Å². The van der Waals surface area contributed by atoms with Gasteiger partial charge in [0.2, 0.25) is 0 Å². The summed E-state index contributed by atoms with van der Waals surface area (Å²) in [5.41, 5.74) is 1.26. The summed E-state index contributed by atoms with van der Waals surface area (Å²) in [6, 6.07) is 13.1. The van der Waals surface area contributed by atoms with Crippen LogP contribution in [0.3, 0.4) is 0 Å². The normalized spacial score (nSPS) is 23.9. The Morgan fingerprint density at radius 2 is 1.61 bits per heavy atom. The quantitative estimate of drug-likeness (QED) is 0.815. The lowest BCUT2D eigenvalue weighted by Crippen LogP contribution is -2.43. The second kappa shape index (κ2) is 7.36. The van der Waals surface area contributed by atoms with Crippen molar-refractivity contribution in [1.29, 1.82) is 0 Å². The number of likely N-dealkylation sites (tertiary alicyclic amines) is 2. The van der Waals surface area contributed by atoms with E-state index >= 15 is 0 Å². The number of nitrogens with zero attached hydrogens (tertiary/aromatic N) is 4. The Labute approximate surface area is 165 Å².